The molecule has 2 aromatic rings. The lowest BCUT2D eigenvalue weighted by molar-refractivity contribution is 0.599. The van der Waals surface area contributed by atoms with Crippen molar-refractivity contribution in [2.24, 2.45) is 0 Å². The third-order valence-corrected chi connectivity index (χ3v) is 3.97. The van der Waals surface area contributed by atoms with Gasteiger partial charge in [-0.15, -0.1) is 0 Å². The van der Waals surface area contributed by atoms with E-state index in [0.29, 0.717) is 17.7 Å². The summed E-state index contributed by atoms with van der Waals surface area (Å²) >= 11 is 11.2. The largest absolute Gasteiger partial charge is 0.360 e. The van der Waals surface area contributed by atoms with Crippen molar-refractivity contribution in [2.45, 2.75) is 32.4 Å². The first-order chi connectivity index (χ1) is 10.6. The Morgan fingerprint density at radius 1 is 1.05 bits per heavy atom. The van der Waals surface area contributed by atoms with Gasteiger partial charge in [0.25, 0.3) is 0 Å². The Labute approximate surface area is 142 Å². The third-order valence-electron chi connectivity index (χ3n) is 3.45. The number of hydrogen-bond acceptors (Lipinski definition) is 1. The van der Waals surface area contributed by atoms with Crippen LogP contribution in [-0.4, -0.2) is 11.2 Å². The van der Waals surface area contributed by atoms with E-state index in [0.717, 1.165) is 23.4 Å². The number of nitrogens with one attached hydrogen (secondary N) is 2. The molecule has 0 radical (unpaired) electrons. The molecular weight excluding hydrogens is 312 g/mol. The van der Waals surface area contributed by atoms with E-state index in [1.165, 1.54) is 5.56 Å². The molecule has 2 N–H and O–H groups in total. The third kappa shape index (κ3) is 6.04. The van der Waals surface area contributed by atoms with Crippen molar-refractivity contribution < 1.29 is 0 Å². The molecule has 0 aromatic heterocycles. The van der Waals surface area contributed by atoms with E-state index in [1.807, 2.05) is 30.3 Å². The molecule has 22 heavy (non-hydrogen) atoms. The van der Waals surface area contributed by atoms with Gasteiger partial charge in [0.2, 0.25) is 0 Å². The van der Waals surface area contributed by atoms with Gasteiger partial charge in [-0.1, -0.05) is 54.1 Å². The first kappa shape index (κ1) is 16.8. The highest BCUT2D eigenvalue weighted by Gasteiger charge is 2.04. The number of halogens is 1. The van der Waals surface area contributed by atoms with Crippen LogP contribution in [0.15, 0.2) is 54.6 Å². The van der Waals surface area contributed by atoms with Crippen LogP contribution >= 0.6 is 23.8 Å². The topological polar surface area (TPSA) is 24.1 Å². The van der Waals surface area contributed by atoms with Gasteiger partial charge in [-0.25, -0.2) is 0 Å². The number of hydrogen-bond donors (Lipinski definition) is 2. The highest BCUT2D eigenvalue weighted by Crippen LogP contribution is 2.09. The normalized spacial score (nSPS) is 11.7. The lowest BCUT2D eigenvalue weighted by Crippen LogP contribution is -2.40. The first-order valence-corrected chi connectivity index (χ1v) is 8.25. The molecule has 0 saturated carbocycles. The van der Waals surface area contributed by atoms with E-state index in [1.54, 1.807) is 0 Å². The van der Waals surface area contributed by atoms with Crippen molar-refractivity contribution >= 4 is 28.9 Å². The summed E-state index contributed by atoms with van der Waals surface area (Å²) in [6, 6.07) is 18.6. The summed E-state index contributed by atoms with van der Waals surface area (Å²) < 4.78 is 0. The van der Waals surface area contributed by atoms with Gasteiger partial charge >= 0.3 is 0 Å². The van der Waals surface area contributed by atoms with Crippen LogP contribution in [0.1, 0.15) is 24.5 Å². The van der Waals surface area contributed by atoms with E-state index in [9.17, 15) is 0 Å². The van der Waals surface area contributed by atoms with Gasteiger partial charge in [-0.2, -0.15) is 0 Å². The van der Waals surface area contributed by atoms with Gasteiger partial charge in [0.1, 0.15) is 0 Å². The lowest BCUT2D eigenvalue weighted by Gasteiger charge is -2.17. The van der Waals surface area contributed by atoms with Crippen molar-refractivity contribution in [1.82, 2.24) is 10.6 Å². The second kappa shape index (κ2) is 8.76. The Morgan fingerprint density at radius 2 is 1.73 bits per heavy atom. The highest BCUT2D eigenvalue weighted by atomic mass is 35.5. The molecule has 0 amide bonds. The van der Waals surface area contributed by atoms with E-state index in [2.05, 4.69) is 41.8 Å². The predicted octanol–water partition coefficient (Wildman–Crippen LogP) is 4.33. The molecule has 0 aliphatic carbocycles. The molecule has 0 aliphatic rings. The molecule has 0 fully saturated rings. The minimum Gasteiger partial charge on any atom is -0.360 e. The summed E-state index contributed by atoms with van der Waals surface area (Å²) in [5.41, 5.74) is 2.52. The summed E-state index contributed by atoms with van der Waals surface area (Å²) in [6.45, 7) is 2.85. The maximum Gasteiger partial charge on any atom is 0.166 e. The Morgan fingerprint density at radius 3 is 2.41 bits per heavy atom. The van der Waals surface area contributed by atoms with Gasteiger partial charge < -0.3 is 10.6 Å². The molecular formula is C18H21ClN2S. The Balaban J connectivity index is 1.68. The molecule has 2 aromatic carbocycles. The van der Waals surface area contributed by atoms with Gasteiger partial charge in [0.15, 0.2) is 5.11 Å². The Kier molecular flexibility index (Phi) is 6.69. The Hall–Kier alpha value is -1.58. The zero-order valence-corrected chi connectivity index (χ0v) is 14.3. The number of thiocarbonyl (C=S) groups is 1. The first-order valence-electron chi connectivity index (χ1n) is 7.46. The summed E-state index contributed by atoms with van der Waals surface area (Å²) in [7, 11) is 0. The lowest BCUT2D eigenvalue weighted by atomic mass is 10.1. The summed E-state index contributed by atoms with van der Waals surface area (Å²) in [6.07, 6.45) is 2.10. The molecule has 0 bridgehead atoms. The van der Waals surface area contributed by atoms with E-state index in [4.69, 9.17) is 23.8 Å². The smallest absolute Gasteiger partial charge is 0.166 e. The van der Waals surface area contributed by atoms with E-state index >= 15 is 0 Å². The van der Waals surface area contributed by atoms with Gasteiger partial charge in [0.05, 0.1) is 0 Å². The van der Waals surface area contributed by atoms with Crippen LogP contribution in [0.25, 0.3) is 0 Å². The maximum absolute atomic E-state index is 5.87. The number of rotatable bonds is 6. The van der Waals surface area contributed by atoms with E-state index < -0.39 is 0 Å². The van der Waals surface area contributed by atoms with Crippen LogP contribution in [0.2, 0.25) is 5.02 Å². The van der Waals surface area contributed by atoms with Crippen LogP contribution < -0.4 is 10.6 Å². The Bertz CT molecular complexity index is 584. The van der Waals surface area contributed by atoms with Gasteiger partial charge in [0, 0.05) is 17.6 Å². The molecule has 1 unspecified atom stereocenters. The van der Waals surface area contributed by atoms with Crippen molar-refractivity contribution in [3.8, 4) is 0 Å². The van der Waals surface area contributed by atoms with Crippen molar-refractivity contribution in [1.29, 1.82) is 0 Å². The second-order valence-corrected chi connectivity index (χ2v) is 6.22. The molecule has 0 aliphatic heterocycles. The monoisotopic (exact) mass is 332 g/mol. The van der Waals surface area contributed by atoms with Crippen LogP contribution in [-0.2, 0) is 13.0 Å². The minimum absolute atomic E-state index is 0.338. The zero-order valence-electron chi connectivity index (χ0n) is 12.7. The average Bonchev–Trinajstić information content (AvgIpc) is 2.53. The quantitative estimate of drug-likeness (QED) is 0.770. The predicted molar refractivity (Wildman–Crippen MR) is 98.3 cm³/mol. The van der Waals surface area contributed by atoms with Gasteiger partial charge in [-0.05, 0) is 55.2 Å². The van der Waals surface area contributed by atoms with Crippen LogP contribution in [0.5, 0.6) is 0 Å². The highest BCUT2D eigenvalue weighted by molar-refractivity contribution is 7.80. The van der Waals surface area contributed by atoms with Crippen LogP contribution in [0.4, 0.5) is 0 Å². The van der Waals surface area contributed by atoms with E-state index in [-0.39, 0.29) is 0 Å². The second-order valence-electron chi connectivity index (χ2n) is 5.38. The van der Waals surface area contributed by atoms with Gasteiger partial charge in [-0.3, -0.25) is 0 Å². The SMILES string of the molecule is CC(CCc1ccccc1)NC(=S)NCc1ccc(Cl)cc1. The van der Waals surface area contributed by atoms with Crippen molar-refractivity contribution in [3.63, 3.8) is 0 Å². The summed E-state index contributed by atoms with van der Waals surface area (Å²) in [5.74, 6) is 0. The molecule has 0 saturated heterocycles. The van der Waals surface area contributed by atoms with Crippen LogP contribution in [0.3, 0.4) is 0 Å². The maximum atomic E-state index is 5.87. The fourth-order valence-corrected chi connectivity index (χ4v) is 2.56. The minimum atomic E-state index is 0.338. The number of aryl methyl sites for hydroxylation is 1. The summed E-state index contributed by atoms with van der Waals surface area (Å²) in [4.78, 5) is 0. The molecule has 0 heterocycles. The fourth-order valence-electron chi connectivity index (χ4n) is 2.16. The van der Waals surface area contributed by atoms with Crippen LogP contribution in [0, 0.1) is 0 Å². The molecule has 116 valence electrons. The molecule has 1 atom stereocenters. The molecule has 0 spiro atoms. The molecule has 2 rings (SSSR count). The van der Waals surface area contributed by atoms with Crippen molar-refractivity contribution in [3.05, 3.63) is 70.7 Å². The number of benzene rings is 2. The molecule has 4 heteroatoms. The van der Waals surface area contributed by atoms with Crippen molar-refractivity contribution in [2.75, 3.05) is 0 Å². The zero-order chi connectivity index (χ0) is 15.8. The average molecular weight is 333 g/mol. The molecule has 2 nitrogen and oxygen atoms in total. The summed E-state index contributed by atoms with van der Waals surface area (Å²) in [5, 5.41) is 7.99. The fraction of sp³-hybridized carbons (Fsp3) is 0.278. The standard InChI is InChI=1S/C18H21ClN2S/c1-14(7-8-15-5-3-2-4-6-15)21-18(22)20-13-16-9-11-17(19)12-10-16/h2-6,9-12,14H,7-8,13H2,1H3,(H2,20,21,22).